The molecule has 1 aliphatic rings. The number of nitrogens with zero attached hydrogens (tertiary/aromatic N) is 4. The molecule has 0 unspecified atom stereocenters. The molecular formula is C13H24N4. The quantitative estimate of drug-likeness (QED) is 0.804. The second-order valence-electron chi connectivity index (χ2n) is 5.19. The molecule has 1 heterocycles. The van der Waals surface area contributed by atoms with Crippen LogP contribution in [0.2, 0.25) is 0 Å². The Balaban J connectivity index is 2.03. The molecule has 1 aliphatic carbocycles. The summed E-state index contributed by atoms with van der Waals surface area (Å²) in [5.74, 6) is 1.89. The molecule has 2 atom stereocenters. The lowest BCUT2D eigenvalue weighted by molar-refractivity contribution is 0.107. The minimum Gasteiger partial charge on any atom is -0.293 e. The highest BCUT2D eigenvalue weighted by Crippen LogP contribution is 2.28. The average Bonchev–Trinajstić information content (AvgIpc) is 2.73. The van der Waals surface area contributed by atoms with Crippen molar-refractivity contribution in [2.24, 2.45) is 13.0 Å². The first kappa shape index (κ1) is 12.6. The van der Waals surface area contributed by atoms with Crippen molar-refractivity contribution in [1.29, 1.82) is 0 Å². The largest absolute Gasteiger partial charge is 0.293 e. The maximum absolute atomic E-state index is 4.33. The lowest BCUT2D eigenvalue weighted by Gasteiger charge is -2.37. The molecule has 1 aromatic heterocycles. The Labute approximate surface area is 104 Å². The van der Waals surface area contributed by atoms with Crippen LogP contribution in [0.5, 0.6) is 0 Å². The van der Waals surface area contributed by atoms with Gasteiger partial charge >= 0.3 is 0 Å². The van der Waals surface area contributed by atoms with Crippen LogP contribution in [0.25, 0.3) is 0 Å². The van der Waals surface area contributed by atoms with Gasteiger partial charge in [0.1, 0.15) is 12.2 Å². The van der Waals surface area contributed by atoms with E-state index in [9.17, 15) is 0 Å². The second kappa shape index (κ2) is 5.63. The summed E-state index contributed by atoms with van der Waals surface area (Å²) in [5, 5.41) is 4.15. The van der Waals surface area contributed by atoms with Crippen LogP contribution in [0.4, 0.5) is 0 Å². The first-order chi connectivity index (χ1) is 8.22. The van der Waals surface area contributed by atoms with Crippen molar-refractivity contribution in [3.8, 4) is 0 Å². The maximum atomic E-state index is 4.33. The van der Waals surface area contributed by atoms with E-state index in [4.69, 9.17) is 0 Å². The summed E-state index contributed by atoms with van der Waals surface area (Å²) in [7, 11) is 1.97. The van der Waals surface area contributed by atoms with Gasteiger partial charge in [-0.25, -0.2) is 4.98 Å². The zero-order chi connectivity index (χ0) is 12.3. The summed E-state index contributed by atoms with van der Waals surface area (Å²) in [4.78, 5) is 6.90. The van der Waals surface area contributed by atoms with Crippen molar-refractivity contribution >= 4 is 0 Å². The summed E-state index contributed by atoms with van der Waals surface area (Å²) < 4.78 is 1.89. The van der Waals surface area contributed by atoms with E-state index in [2.05, 4.69) is 28.8 Å². The van der Waals surface area contributed by atoms with E-state index < -0.39 is 0 Å². The summed E-state index contributed by atoms with van der Waals surface area (Å²) in [6.07, 6.45) is 7.14. The SMILES string of the molecule is CCN(Cc1ncnn1C)[C@@H]1CCCC[C@H]1C. The van der Waals surface area contributed by atoms with E-state index in [0.29, 0.717) is 0 Å². The topological polar surface area (TPSA) is 34.0 Å². The molecule has 0 N–H and O–H groups in total. The molecule has 0 bridgehead atoms. The van der Waals surface area contributed by atoms with Crippen molar-refractivity contribution in [3.05, 3.63) is 12.2 Å². The normalized spacial score (nSPS) is 25.4. The Morgan fingerprint density at radius 3 is 2.76 bits per heavy atom. The van der Waals surface area contributed by atoms with Gasteiger partial charge in [-0.2, -0.15) is 5.10 Å². The Hall–Kier alpha value is -0.900. The molecule has 0 saturated heterocycles. The number of rotatable bonds is 4. The Kier molecular flexibility index (Phi) is 4.15. The maximum Gasteiger partial charge on any atom is 0.140 e. The molecule has 1 aromatic rings. The first-order valence-corrected chi connectivity index (χ1v) is 6.79. The van der Waals surface area contributed by atoms with Gasteiger partial charge in [-0.3, -0.25) is 9.58 Å². The summed E-state index contributed by atoms with van der Waals surface area (Å²) >= 11 is 0. The van der Waals surface area contributed by atoms with Crippen molar-refractivity contribution in [1.82, 2.24) is 19.7 Å². The van der Waals surface area contributed by atoms with Gasteiger partial charge in [0.2, 0.25) is 0 Å². The fourth-order valence-corrected chi connectivity index (χ4v) is 2.95. The van der Waals surface area contributed by atoms with E-state index in [1.54, 1.807) is 6.33 Å². The highest BCUT2D eigenvalue weighted by Gasteiger charge is 2.26. The van der Waals surface area contributed by atoms with Gasteiger partial charge in [-0.05, 0) is 25.3 Å². The van der Waals surface area contributed by atoms with Gasteiger partial charge in [0, 0.05) is 13.1 Å². The van der Waals surface area contributed by atoms with E-state index in [-0.39, 0.29) is 0 Å². The Bertz CT molecular complexity index is 347. The van der Waals surface area contributed by atoms with E-state index >= 15 is 0 Å². The Morgan fingerprint density at radius 1 is 1.41 bits per heavy atom. The fraction of sp³-hybridized carbons (Fsp3) is 0.846. The van der Waals surface area contributed by atoms with Crippen LogP contribution in [0.15, 0.2) is 6.33 Å². The molecule has 2 rings (SSSR count). The summed E-state index contributed by atoms with van der Waals surface area (Å²) in [6, 6.07) is 0.727. The Morgan fingerprint density at radius 2 is 2.18 bits per heavy atom. The van der Waals surface area contributed by atoms with Gasteiger partial charge < -0.3 is 0 Å². The van der Waals surface area contributed by atoms with Crippen LogP contribution >= 0.6 is 0 Å². The molecule has 0 aromatic carbocycles. The highest BCUT2D eigenvalue weighted by molar-refractivity contribution is 4.88. The van der Waals surface area contributed by atoms with Gasteiger partial charge in [-0.15, -0.1) is 0 Å². The zero-order valence-electron chi connectivity index (χ0n) is 11.3. The average molecular weight is 236 g/mol. The van der Waals surface area contributed by atoms with Crippen LogP contribution in [0.1, 0.15) is 45.4 Å². The molecule has 4 heteroatoms. The van der Waals surface area contributed by atoms with Gasteiger partial charge in [-0.1, -0.05) is 26.7 Å². The molecule has 1 fully saturated rings. The second-order valence-corrected chi connectivity index (χ2v) is 5.19. The predicted molar refractivity (Wildman–Crippen MR) is 68.5 cm³/mol. The van der Waals surface area contributed by atoms with Crippen LogP contribution in [-0.2, 0) is 13.6 Å². The third kappa shape index (κ3) is 2.86. The van der Waals surface area contributed by atoms with Gasteiger partial charge in [0.15, 0.2) is 0 Å². The van der Waals surface area contributed by atoms with Crippen molar-refractivity contribution in [3.63, 3.8) is 0 Å². The standard InChI is InChI=1S/C13H24N4/c1-4-17(9-13-14-10-15-16(13)3)12-8-6-5-7-11(12)2/h10-12H,4-9H2,1-3H3/t11-,12-/m1/s1. The smallest absolute Gasteiger partial charge is 0.140 e. The molecule has 0 amide bonds. The summed E-state index contributed by atoms with van der Waals surface area (Å²) in [5.41, 5.74) is 0. The molecule has 17 heavy (non-hydrogen) atoms. The van der Waals surface area contributed by atoms with Crippen molar-refractivity contribution in [2.75, 3.05) is 6.54 Å². The number of hydrogen-bond donors (Lipinski definition) is 0. The van der Waals surface area contributed by atoms with Gasteiger partial charge in [0.25, 0.3) is 0 Å². The van der Waals surface area contributed by atoms with Crippen LogP contribution < -0.4 is 0 Å². The molecule has 0 radical (unpaired) electrons. The van der Waals surface area contributed by atoms with Crippen molar-refractivity contribution < 1.29 is 0 Å². The van der Waals surface area contributed by atoms with E-state index in [1.165, 1.54) is 25.7 Å². The van der Waals surface area contributed by atoms with E-state index in [1.807, 2.05) is 11.7 Å². The number of hydrogen-bond acceptors (Lipinski definition) is 3. The minimum atomic E-state index is 0.727. The third-order valence-electron chi connectivity index (χ3n) is 4.09. The highest BCUT2D eigenvalue weighted by atomic mass is 15.3. The van der Waals surface area contributed by atoms with Crippen LogP contribution in [-0.4, -0.2) is 32.3 Å². The molecule has 4 nitrogen and oxygen atoms in total. The minimum absolute atomic E-state index is 0.727. The van der Waals surface area contributed by atoms with Crippen LogP contribution in [0, 0.1) is 5.92 Å². The van der Waals surface area contributed by atoms with Crippen molar-refractivity contribution in [2.45, 2.75) is 52.1 Å². The fourth-order valence-electron chi connectivity index (χ4n) is 2.95. The number of aromatic nitrogens is 3. The first-order valence-electron chi connectivity index (χ1n) is 6.79. The predicted octanol–water partition coefficient (Wildman–Crippen LogP) is 2.22. The lowest BCUT2D eigenvalue weighted by atomic mass is 9.85. The van der Waals surface area contributed by atoms with Gasteiger partial charge in [0.05, 0.1) is 6.54 Å². The van der Waals surface area contributed by atoms with E-state index in [0.717, 1.165) is 30.9 Å². The molecule has 0 aliphatic heterocycles. The lowest BCUT2D eigenvalue weighted by Crippen LogP contribution is -2.41. The summed E-state index contributed by atoms with van der Waals surface area (Å²) in [6.45, 7) is 6.67. The molecule has 0 spiro atoms. The number of aryl methyl sites for hydroxylation is 1. The van der Waals surface area contributed by atoms with Crippen LogP contribution in [0.3, 0.4) is 0 Å². The zero-order valence-corrected chi connectivity index (χ0v) is 11.3. The monoisotopic (exact) mass is 236 g/mol. The third-order valence-corrected chi connectivity index (χ3v) is 4.09. The molecule has 96 valence electrons. The molecule has 1 saturated carbocycles. The molecular weight excluding hydrogens is 212 g/mol.